The van der Waals surface area contributed by atoms with Crippen molar-refractivity contribution in [2.45, 2.75) is 26.3 Å². The number of aliphatic hydroxyl groups is 1. The second-order valence-electron chi connectivity index (χ2n) is 5.64. The Balaban J connectivity index is 1.99. The SMILES string of the molecule is CC(CN1CCC(C)C1CO)C(=O)c1ccc(F)cn1. The predicted octanol–water partition coefficient (Wildman–Crippen LogP) is 1.74. The molecule has 1 fully saturated rings. The third-order valence-electron chi connectivity index (χ3n) is 4.12. The van der Waals surface area contributed by atoms with Crippen molar-refractivity contribution in [2.24, 2.45) is 11.8 Å². The van der Waals surface area contributed by atoms with Crippen LogP contribution in [0.4, 0.5) is 4.39 Å². The van der Waals surface area contributed by atoms with E-state index in [0.717, 1.165) is 19.2 Å². The number of halogens is 1. The summed E-state index contributed by atoms with van der Waals surface area (Å²) in [6.45, 7) is 5.60. The number of likely N-dealkylation sites (tertiary alicyclic amines) is 1. The fourth-order valence-electron chi connectivity index (χ4n) is 2.82. The van der Waals surface area contributed by atoms with E-state index in [1.54, 1.807) is 0 Å². The smallest absolute Gasteiger partial charge is 0.185 e. The van der Waals surface area contributed by atoms with Crippen LogP contribution in [-0.4, -0.2) is 46.5 Å². The number of nitrogens with zero attached hydrogens (tertiary/aromatic N) is 2. The molecule has 0 aromatic carbocycles. The predicted molar refractivity (Wildman–Crippen MR) is 73.9 cm³/mol. The molecule has 0 bridgehead atoms. The molecule has 20 heavy (non-hydrogen) atoms. The van der Waals surface area contributed by atoms with E-state index < -0.39 is 5.82 Å². The third kappa shape index (κ3) is 3.22. The van der Waals surface area contributed by atoms with E-state index in [1.165, 1.54) is 12.1 Å². The highest BCUT2D eigenvalue weighted by Crippen LogP contribution is 2.24. The molecule has 3 atom stereocenters. The summed E-state index contributed by atoms with van der Waals surface area (Å²) in [5.41, 5.74) is 0.298. The second-order valence-corrected chi connectivity index (χ2v) is 5.64. The highest BCUT2D eigenvalue weighted by molar-refractivity contribution is 5.95. The van der Waals surface area contributed by atoms with E-state index in [2.05, 4.69) is 16.8 Å². The van der Waals surface area contributed by atoms with Gasteiger partial charge in [0.2, 0.25) is 0 Å². The number of ketones is 1. The molecule has 2 heterocycles. The zero-order valence-corrected chi connectivity index (χ0v) is 11.9. The van der Waals surface area contributed by atoms with Crippen molar-refractivity contribution in [2.75, 3.05) is 19.7 Å². The molecule has 1 aliphatic heterocycles. The normalized spacial score (nSPS) is 24.8. The fourth-order valence-corrected chi connectivity index (χ4v) is 2.82. The summed E-state index contributed by atoms with van der Waals surface area (Å²) in [6.07, 6.45) is 2.11. The molecule has 0 saturated carbocycles. The summed E-state index contributed by atoms with van der Waals surface area (Å²) < 4.78 is 12.8. The van der Waals surface area contributed by atoms with Crippen molar-refractivity contribution in [3.05, 3.63) is 29.8 Å². The van der Waals surface area contributed by atoms with Gasteiger partial charge in [0, 0.05) is 18.5 Å². The zero-order chi connectivity index (χ0) is 14.7. The molecule has 4 nitrogen and oxygen atoms in total. The first-order chi connectivity index (χ1) is 9.52. The lowest BCUT2D eigenvalue weighted by atomic mass is 10.0. The number of aromatic nitrogens is 1. The molecule has 0 amide bonds. The highest BCUT2D eigenvalue weighted by atomic mass is 19.1. The van der Waals surface area contributed by atoms with Crippen LogP contribution in [0, 0.1) is 17.7 Å². The van der Waals surface area contributed by atoms with Crippen LogP contribution >= 0.6 is 0 Å². The minimum absolute atomic E-state index is 0.0822. The lowest BCUT2D eigenvalue weighted by Crippen LogP contribution is -2.39. The number of carbonyl (C=O) groups is 1. The van der Waals surface area contributed by atoms with Gasteiger partial charge in [-0.15, -0.1) is 0 Å². The molecule has 0 aliphatic carbocycles. The van der Waals surface area contributed by atoms with E-state index in [9.17, 15) is 14.3 Å². The summed E-state index contributed by atoms with van der Waals surface area (Å²) in [4.78, 5) is 18.2. The topological polar surface area (TPSA) is 53.4 Å². The molecule has 0 spiro atoms. The second kappa shape index (κ2) is 6.41. The van der Waals surface area contributed by atoms with Gasteiger partial charge in [0.25, 0.3) is 0 Å². The Morgan fingerprint density at radius 1 is 1.60 bits per heavy atom. The van der Waals surface area contributed by atoms with Crippen molar-refractivity contribution in [3.63, 3.8) is 0 Å². The highest BCUT2D eigenvalue weighted by Gasteiger charge is 2.32. The molecule has 1 aliphatic rings. The molecule has 1 aromatic rings. The molecule has 1 saturated heterocycles. The summed E-state index contributed by atoms with van der Waals surface area (Å²) in [5, 5.41) is 9.43. The van der Waals surface area contributed by atoms with Crippen LogP contribution in [-0.2, 0) is 0 Å². The van der Waals surface area contributed by atoms with Gasteiger partial charge in [-0.1, -0.05) is 13.8 Å². The van der Waals surface area contributed by atoms with Crippen LogP contribution in [0.15, 0.2) is 18.3 Å². The van der Waals surface area contributed by atoms with Crippen molar-refractivity contribution in [1.82, 2.24) is 9.88 Å². The van der Waals surface area contributed by atoms with Gasteiger partial charge in [-0.3, -0.25) is 14.7 Å². The van der Waals surface area contributed by atoms with Crippen LogP contribution in [0.25, 0.3) is 0 Å². The third-order valence-corrected chi connectivity index (χ3v) is 4.12. The van der Waals surface area contributed by atoms with Crippen LogP contribution < -0.4 is 0 Å². The minimum atomic E-state index is -0.442. The Labute approximate surface area is 118 Å². The summed E-state index contributed by atoms with van der Waals surface area (Å²) in [5.74, 6) is -0.289. The first-order valence-corrected chi connectivity index (χ1v) is 7.03. The Morgan fingerprint density at radius 3 is 2.95 bits per heavy atom. The molecular weight excluding hydrogens is 259 g/mol. The number of hydrogen-bond donors (Lipinski definition) is 1. The zero-order valence-electron chi connectivity index (χ0n) is 11.9. The van der Waals surface area contributed by atoms with Crippen molar-refractivity contribution >= 4 is 5.78 Å². The van der Waals surface area contributed by atoms with Crippen molar-refractivity contribution in [3.8, 4) is 0 Å². The van der Waals surface area contributed by atoms with E-state index in [1.807, 2.05) is 6.92 Å². The number of rotatable bonds is 5. The van der Waals surface area contributed by atoms with Crippen LogP contribution in [0.1, 0.15) is 30.8 Å². The van der Waals surface area contributed by atoms with Crippen molar-refractivity contribution < 1.29 is 14.3 Å². The Bertz CT molecular complexity index is 463. The molecule has 1 N–H and O–H groups in total. The monoisotopic (exact) mass is 280 g/mol. The molecule has 5 heteroatoms. The Hall–Kier alpha value is -1.33. The number of pyridine rings is 1. The average molecular weight is 280 g/mol. The number of carbonyl (C=O) groups excluding carboxylic acids is 1. The van der Waals surface area contributed by atoms with Gasteiger partial charge in [0.15, 0.2) is 5.78 Å². The average Bonchev–Trinajstić information content (AvgIpc) is 2.79. The molecule has 110 valence electrons. The number of aliphatic hydroxyl groups excluding tert-OH is 1. The fraction of sp³-hybridized carbons (Fsp3) is 0.600. The first-order valence-electron chi connectivity index (χ1n) is 7.03. The number of Topliss-reactive ketones (excluding diaryl/α,β-unsaturated/α-hetero) is 1. The minimum Gasteiger partial charge on any atom is -0.395 e. The summed E-state index contributed by atoms with van der Waals surface area (Å²) in [6, 6.07) is 2.80. The van der Waals surface area contributed by atoms with Gasteiger partial charge in [0.05, 0.1) is 12.8 Å². The van der Waals surface area contributed by atoms with Gasteiger partial charge < -0.3 is 5.11 Å². The Kier molecular flexibility index (Phi) is 4.83. The summed E-state index contributed by atoms with van der Waals surface area (Å²) >= 11 is 0. The molecular formula is C15H21FN2O2. The van der Waals surface area contributed by atoms with Gasteiger partial charge in [-0.2, -0.15) is 0 Å². The molecule has 0 radical (unpaired) electrons. The summed E-state index contributed by atoms with van der Waals surface area (Å²) in [7, 11) is 0. The first kappa shape index (κ1) is 15.1. The van der Waals surface area contributed by atoms with E-state index in [0.29, 0.717) is 18.2 Å². The number of hydrogen-bond acceptors (Lipinski definition) is 4. The van der Waals surface area contributed by atoms with Gasteiger partial charge in [-0.25, -0.2) is 4.39 Å². The standard InChI is InChI=1S/C15H21FN2O2/c1-10-5-6-18(14(10)9-19)8-11(2)15(20)13-4-3-12(16)7-17-13/h3-4,7,10-11,14,19H,5-6,8-9H2,1-2H3. The largest absolute Gasteiger partial charge is 0.395 e. The van der Waals surface area contributed by atoms with Crippen LogP contribution in [0.2, 0.25) is 0 Å². The quantitative estimate of drug-likeness (QED) is 0.835. The maximum atomic E-state index is 12.8. The molecule has 3 unspecified atom stereocenters. The van der Waals surface area contributed by atoms with E-state index in [-0.39, 0.29) is 24.3 Å². The van der Waals surface area contributed by atoms with Gasteiger partial charge in [0.1, 0.15) is 11.5 Å². The van der Waals surface area contributed by atoms with Crippen LogP contribution in [0.5, 0.6) is 0 Å². The maximum Gasteiger partial charge on any atom is 0.185 e. The van der Waals surface area contributed by atoms with E-state index in [4.69, 9.17) is 0 Å². The van der Waals surface area contributed by atoms with Gasteiger partial charge >= 0.3 is 0 Å². The molecule has 1 aromatic heterocycles. The van der Waals surface area contributed by atoms with Crippen molar-refractivity contribution in [1.29, 1.82) is 0 Å². The Morgan fingerprint density at radius 2 is 2.35 bits per heavy atom. The van der Waals surface area contributed by atoms with E-state index >= 15 is 0 Å². The lowest BCUT2D eigenvalue weighted by Gasteiger charge is -2.27. The van der Waals surface area contributed by atoms with Gasteiger partial charge in [-0.05, 0) is 31.0 Å². The molecule has 2 rings (SSSR count). The van der Waals surface area contributed by atoms with Crippen LogP contribution in [0.3, 0.4) is 0 Å². The lowest BCUT2D eigenvalue weighted by molar-refractivity contribution is 0.0838. The maximum absolute atomic E-state index is 12.8.